The van der Waals surface area contributed by atoms with Gasteiger partial charge in [-0.2, -0.15) is 0 Å². The molecule has 1 saturated heterocycles. The van der Waals surface area contributed by atoms with Crippen LogP contribution in [0, 0.1) is 0 Å². The van der Waals surface area contributed by atoms with Gasteiger partial charge in [-0.1, -0.05) is 20.8 Å². The van der Waals surface area contributed by atoms with E-state index in [2.05, 4.69) is 0 Å². The van der Waals surface area contributed by atoms with Gasteiger partial charge in [-0.3, -0.25) is 14.4 Å². The molecule has 0 unspecified atom stereocenters. The Morgan fingerprint density at radius 2 is 1.28 bits per heavy atom. The minimum atomic E-state index is -1.51. The molecule has 180 valence electrons. The highest BCUT2D eigenvalue weighted by molar-refractivity contribution is 5.90. The van der Waals surface area contributed by atoms with Crippen LogP contribution in [-0.2, 0) is 47.7 Å². The number of hydrogen-bond acceptors (Lipinski definition) is 10. The second kappa shape index (κ2) is 14.2. The summed E-state index contributed by atoms with van der Waals surface area (Å²) in [6.45, 7) is 5.00. The molecule has 0 amide bonds. The summed E-state index contributed by atoms with van der Waals surface area (Å²) in [5, 5.41) is 8.65. The van der Waals surface area contributed by atoms with Gasteiger partial charge in [-0.05, 0) is 19.3 Å². The maximum atomic E-state index is 12.2. The molecule has 0 aromatic rings. The molecule has 0 aliphatic carbocycles. The van der Waals surface area contributed by atoms with Crippen LogP contribution >= 0.6 is 0 Å². The van der Waals surface area contributed by atoms with E-state index >= 15 is 0 Å². The summed E-state index contributed by atoms with van der Waals surface area (Å²) in [5.74, 6) is -4.29. The van der Waals surface area contributed by atoms with Crippen molar-refractivity contribution in [3.8, 4) is 0 Å². The number of carbonyl (C=O) groups is 5. The maximum Gasteiger partial charge on any atom is 0.333 e. The molecular weight excluding hydrogens is 428 g/mol. The number of carboxylic acids is 1. The SMILES string of the molecule is CCCC(=O)O[C@@H]1[C@@H](OC(=O)CCC)[C@@H](OC(=O)/C=C/C(=O)O)OC[C@H]1OC(=O)CCC. The van der Waals surface area contributed by atoms with E-state index in [-0.39, 0.29) is 25.9 Å². The van der Waals surface area contributed by atoms with Gasteiger partial charge in [0, 0.05) is 31.4 Å². The van der Waals surface area contributed by atoms with Gasteiger partial charge in [-0.25, -0.2) is 9.59 Å². The summed E-state index contributed by atoms with van der Waals surface area (Å²) < 4.78 is 26.7. The zero-order chi connectivity index (χ0) is 24.1. The highest BCUT2D eigenvalue weighted by Crippen LogP contribution is 2.26. The van der Waals surface area contributed by atoms with Crippen LogP contribution < -0.4 is 0 Å². The normalized spacial score (nSPS) is 22.7. The van der Waals surface area contributed by atoms with Crippen LogP contribution in [0.4, 0.5) is 0 Å². The van der Waals surface area contributed by atoms with Crippen molar-refractivity contribution in [3.05, 3.63) is 12.2 Å². The second-order valence-corrected chi connectivity index (χ2v) is 7.00. The van der Waals surface area contributed by atoms with Gasteiger partial charge < -0.3 is 28.8 Å². The molecule has 1 N–H and O–H groups in total. The third-order valence-corrected chi connectivity index (χ3v) is 4.16. The van der Waals surface area contributed by atoms with Crippen LogP contribution in [0.5, 0.6) is 0 Å². The van der Waals surface area contributed by atoms with Crippen LogP contribution in [-0.4, -0.2) is 66.2 Å². The summed E-state index contributed by atoms with van der Waals surface area (Å²) in [6, 6.07) is 0. The van der Waals surface area contributed by atoms with Crippen LogP contribution in [0.1, 0.15) is 59.3 Å². The highest BCUT2D eigenvalue weighted by atomic mass is 16.7. The third-order valence-electron chi connectivity index (χ3n) is 4.16. The predicted octanol–water partition coefficient (Wildman–Crippen LogP) is 1.66. The van der Waals surface area contributed by atoms with E-state index in [1.165, 1.54) is 0 Å². The Hall–Kier alpha value is -2.95. The molecule has 0 aromatic heterocycles. The minimum Gasteiger partial charge on any atom is -0.478 e. The molecule has 11 nitrogen and oxygen atoms in total. The lowest BCUT2D eigenvalue weighted by Crippen LogP contribution is -2.58. The number of rotatable bonds is 12. The van der Waals surface area contributed by atoms with Gasteiger partial charge in [0.15, 0.2) is 12.2 Å². The molecule has 0 bridgehead atoms. The van der Waals surface area contributed by atoms with Gasteiger partial charge in [0.25, 0.3) is 0 Å². The molecule has 0 radical (unpaired) electrons. The van der Waals surface area contributed by atoms with Gasteiger partial charge in [0.1, 0.15) is 0 Å². The zero-order valence-corrected chi connectivity index (χ0v) is 18.4. The Balaban J connectivity index is 3.17. The quantitative estimate of drug-likeness (QED) is 0.258. The molecule has 11 heteroatoms. The summed E-state index contributed by atoms with van der Waals surface area (Å²) >= 11 is 0. The van der Waals surface area contributed by atoms with Crippen LogP contribution in [0.3, 0.4) is 0 Å². The molecule has 1 fully saturated rings. The Kier molecular flexibility index (Phi) is 12.0. The minimum absolute atomic E-state index is 0.0337. The van der Waals surface area contributed by atoms with E-state index in [0.29, 0.717) is 31.4 Å². The van der Waals surface area contributed by atoms with Crippen molar-refractivity contribution < 1.29 is 52.8 Å². The topological polar surface area (TPSA) is 152 Å². The Morgan fingerprint density at radius 1 is 0.781 bits per heavy atom. The first kappa shape index (κ1) is 27.1. The Labute approximate surface area is 186 Å². The van der Waals surface area contributed by atoms with Crippen LogP contribution in [0.15, 0.2) is 12.2 Å². The Bertz CT molecular complexity index is 700. The molecule has 32 heavy (non-hydrogen) atoms. The molecule has 1 heterocycles. The van der Waals surface area contributed by atoms with E-state index in [0.717, 1.165) is 0 Å². The van der Waals surface area contributed by atoms with E-state index in [9.17, 15) is 24.0 Å². The summed E-state index contributed by atoms with van der Waals surface area (Å²) in [4.78, 5) is 59.0. The number of carbonyl (C=O) groups excluding carboxylic acids is 4. The van der Waals surface area contributed by atoms with E-state index in [4.69, 9.17) is 28.8 Å². The smallest absolute Gasteiger partial charge is 0.333 e. The number of aliphatic carboxylic acids is 1. The van der Waals surface area contributed by atoms with Crippen molar-refractivity contribution in [1.29, 1.82) is 0 Å². The summed E-state index contributed by atoms with van der Waals surface area (Å²) in [5.41, 5.74) is 0. The van der Waals surface area contributed by atoms with E-state index < -0.39 is 54.4 Å². The van der Waals surface area contributed by atoms with E-state index in [1.807, 2.05) is 0 Å². The lowest BCUT2D eigenvalue weighted by molar-refractivity contribution is -0.274. The van der Waals surface area contributed by atoms with Gasteiger partial charge in [-0.15, -0.1) is 0 Å². The lowest BCUT2D eigenvalue weighted by Gasteiger charge is -2.40. The van der Waals surface area contributed by atoms with Crippen molar-refractivity contribution in [3.63, 3.8) is 0 Å². The third kappa shape index (κ3) is 9.46. The van der Waals surface area contributed by atoms with Crippen molar-refractivity contribution in [1.82, 2.24) is 0 Å². The fraction of sp³-hybridized carbons (Fsp3) is 0.667. The average Bonchev–Trinajstić information content (AvgIpc) is 2.71. The fourth-order valence-corrected chi connectivity index (χ4v) is 2.77. The number of carboxylic acid groups (broad SMARTS) is 1. The zero-order valence-electron chi connectivity index (χ0n) is 18.4. The van der Waals surface area contributed by atoms with Gasteiger partial charge in [0.2, 0.25) is 12.4 Å². The maximum absolute atomic E-state index is 12.2. The molecule has 0 aromatic carbocycles. The molecule has 0 spiro atoms. The predicted molar refractivity (Wildman–Crippen MR) is 107 cm³/mol. The average molecular weight is 458 g/mol. The second-order valence-electron chi connectivity index (χ2n) is 7.00. The van der Waals surface area contributed by atoms with Crippen molar-refractivity contribution in [2.24, 2.45) is 0 Å². The van der Waals surface area contributed by atoms with Gasteiger partial charge in [0.05, 0.1) is 6.61 Å². The first-order chi connectivity index (χ1) is 15.2. The molecule has 1 rings (SSSR count). The molecule has 1 aliphatic heterocycles. The number of hydrogen-bond donors (Lipinski definition) is 1. The molecule has 1 aliphatic rings. The number of esters is 4. The fourth-order valence-electron chi connectivity index (χ4n) is 2.77. The first-order valence-electron chi connectivity index (χ1n) is 10.5. The summed E-state index contributed by atoms with van der Waals surface area (Å²) in [6.07, 6.45) is -2.41. The van der Waals surface area contributed by atoms with Gasteiger partial charge >= 0.3 is 29.8 Å². The van der Waals surface area contributed by atoms with Crippen LogP contribution in [0.2, 0.25) is 0 Å². The van der Waals surface area contributed by atoms with Crippen LogP contribution in [0.25, 0.3) is 0 Å². The summed E-state index contributed by atoms with van der Waals surface area (Å²) in [7, 11) is 0. The van der Waals surface area contributed by atoms with Crippen molar-refractivity contribution in [2.75, 3.05) is 6.61 Å². The molecular formula is C21H30O11. The van der Waals surface area contributed by atoms with E-state index in [1.54, 1.807) is 20.8 Å². The van der Waals surface area contributed by atoms with Crippen molar-refractivity contribution >= 4 is 29.8 Å². The number of ether oxygens (including phenoxy) is 5. The standard InChI is InChI=1S/C21H30O11/c1-4-7-15(24)29-13-12-28-21(32-18(27)11-10-14(22)23)20(31-17(26)9-6-3)19(13)30-16(25)8-5-2/h10-11,13,19-21H,4-9,12H2,1-3H3,(H,22,23)/b11-10+/t13-,19+,20-,21-/m1/s1. The monoisotopic (exact) mass is 458 g/mol. The molecule has 4 atom stereocenters. The largest absolute Gasteiger partial charge is 0.478 e. The highest BCUT2D eigenvalue weighted by Gasteiger charge is 2.49. The Morgan fingerprint density at radius 3 is 1.78 bits per heavy atom. The first-order valence-corrected chi connectivity index (χ1v) is 10.5. The van der Waals surface area contributed by atoms with Crippen molar-refractivity contribution in [2.45, 2.75) is 83.9 Å². The molecule has 0 saturated carbocycles. The lowest BCUT2D eigenvalue weighted by atomic mass is 10.0.